The number of rotatable bonds is 3. The van der Waals surface area contributed by atoms with Crippen LogP contribution in [0, 0.1) is 0 Å². The third-order valence-corrected chi connectivity index (χ3v) is 3.98. The van der Waals surface area contributed by atoms with E-state index >= 15 is 0 Å². The number of benzene rings is 1. The van der Waals surface area contributed by atoms with Crippen molar-refractivity contribution in [2.45, 2.75) is 6.04 Å². The zero-order valence-electron chi connectivity index (χ0n) is 9.79. The molecule has 1 aromatic rings. The van der Waals surface area contributed by atoms with Crippen molar-refractivity contribution in [1.82, 2.24) is 0 Å². The molecule has 0 aromatic heterocycles. The number of anilines is 1. The van der Waals surface area contributed by atoms with Crippen LogP contribution in [0.4, 0.5) is 5.69 Å². The van der Waals surface area contributed by atoms with Crippen molar-refractivity contribution in [2.24, 2.45) is 0 Å². The van der Waals surface area contributed by atoms with E-state index in [9.17, 15) is 13.2 Å². The molecule has 5 nitrogen and oxygen atoms in total. The summed E-state index contributed by atoms with van der Waals surface area (Å²) >= 11 is 0. The third kappa shape index (κ3) is 2.89. The Kier molecular flexibility index (Phi) is 3.38. The summed E-state index contributed by atoms with van der Waals surface area (Å²) < 4.78 is 27.0. The quantitative estimate of drug-likeness (QED) is 0.833. The van der Waals surface area contributed by atoms with E-state index in [1.54, 1.807) is 30.3 Å². The molecule has 0 spiro atoms. The minimum atomic E-state index is -3.06. The summed E-state index contributed by atoms with van der Waals surface area (Å²) in [6.45, 7) is 0. The number of methoxy groups -OCH3 is 1. The highest BCUT2D eigenvalue weighted by Gasteiger charge is 2.21. The second kappa shape index (κ2) is 4.81. The van der Waals surface area contributed by atoms with E-state index in [0.717, 1.165) is 5.69 Å². The summed E-state index contributed by atoms with van der Waals surface area (Å²) in [5, 5.41) is 4.28. The molecule has 2 rings (SSSR count). The van der Waals surface area contributed by atoms with Gasteiger partial charge >= 0.3 is 5.97 Å². The van der Waals surface area contributed by atoms with E-state index < -0.39 is 15.8 Å². The molecule has 0 aliphatic carbocycles. The standard InChI is InChI=1S/C12H13NO4S/c1-17-12(14)9-2-4-10(5-3-9)13-11-6-7-18(15,16)8-11/h2-7,11,13H,8H2,1H3. The maximum absolute atomic E-state index is 11.2. The molecule has 0 saturated carbocycles. The minimum Gasteiger partial charge on any atom is -0.465 e. The maximum atomic E-state index is 11.2. The molecule has 1 atom stereocenters. The molecule has 0 radical (unpaired) electrons. The fraction of sp³-hybridized carbons (Fsp3) is 0.250. The Morgan fingerprint density at radius 2 is 2.00 bits per heavy atom. The molecule has 1 N–H and O–H groups in total. The van der Waals surface area contributed by atoms with Crippen molar-refractivity contribution in [1.29, 1.82) is 0 Å². The predicted molar refractivity (Wildman–Crippen MR) is 68.1 cm³/mol. The second-order valence-electron chi connectivity index (χ2n) is 3.98. The molecule has 0 fully saturated rings. The highest BCUT2D eigenvalue weighted by atomic mass is 32.2. The van der Waals surface area contributed by atoms with Crippen LogP contribution in [0.2, 0.25) is 0 Å². The normalized spacial score (nSPS) is 20.6. The number of hydrogen-bond acceptors (Lipinski definition) is 5. The van der Waals surface area contributed by atoms with E-state index in [0.29, 0.717) is 5.56 Å². The number of carbonyl (C=O) groups excluding carboxylic acids is 1. The van der Waals surface area contributed by atoms with E-state index in [-0.39, 0.29) is 11.8 Å². The number of ether oxygens (including phenoxy) is 1. The van der Waals surface area contributed by atoms with Crippen LogP contribution in [0.15, 0.2) is 35.7 Å². The molecule has 1 aliphatic heterocycles. The lowest BCUT2D eigenvalue weighted by atomic mass is 10.2. The molecule has 96 valence electrons. The summed E-state index contributed by atoms with van der Waals surface area (Å²) in [5.74, 6) is -0.337. The molecule has 0 bridgehead atoms. The summed E-state index contributed by atoms with van der Waals surface area (Å²) in [7, 11) is -1.74. The van der Waals surface area contributed by atoms with Crippen LogP contribution < -0.4 is 5.32 Å². The first-order valence-electron chi connectivity index (χ1n) is 5.36. The summed E-state index contributed by atoms with van der Waals surface area (Å²) in [5.41, 5.74) is 1.21. The van der Waals surface area contributed by atoms with E-state index in [1.165, 1.54) is 12.5 Å². The van der Waals surface area contributed by atoms with Gasteiger partial charge in [-0.25, -0.2) is 13.2 Å². The zero-order chi connectivity index (χ0) is 13.2. The fourth-order valence-corrected chi connectivity index (χ4v) is 2.94. The summed E-state index contributed by atoms with van der Waals surface area (Å²) in [6, 6.07) is 6.46. The van der Waals surface area contributed by atoms with E-state index in [4.69, 9.17) is 0 Å². The lowest BCUT2D eigenvalue weighted by molar-refractivity contribution is 0.0601. The van der Waals surface area contributed by atoms with Gasteiger partial charge in [0, 0.05) is 11.1 Å². The third-order valence-electron chi connectivity index (χ3n) is 2.59. The van der Waals surface area contributed by atoms with E-state index in [1.807, 2.05) is 0 Å². The number of sulfone groups is 1. The maximum Gasteiger partial charge on any atom is 0.337 e. The van der Waals surface area contributed by atoms with Crippen molar-refractivity contribution >= 4 is 21.5 Å². The monoisotopic (exact) mass is 267 g/mol. The van der Waals surface area contributed by atoms with Crippen LogP contribution in [-0.2, 0) is 14.6 Å². The molecular weight excluding hydrogens is 254 g/mol. The number of nitrogens with one attached hydrogen (secondary N) is 1. The van der Waals surface area contributed by atoms with Crippen LogP contribution in [0.25, 0.3) is 0 Å². The van der Waals surface area contributed by atoms with Crippen molar-refractivity contribution in [3.63, 3.8) is 0 Å². The zero-order valence-corrected chi connectivity index (χ0v) is 10.6. The van der Waals surface area contributed by atoms with Gasteiger partial charge < -0.3 is 10.1 Å². The van der Waals surface area contributed by atoms with Crippen LogP contribution in [0.5, 0.6) is 0 Å². The fourth-order valence-electron chi connectivity index (χ4n) is 1.70. The molecule has 1 heterocycles. The Hall–Kier alpha value is -1.82. The van der Waals surface area contributed by atoms with Gasteiger partial charge in [0.15, 0.2) is 9.84 Å². The molecule has 18 heavy (non-hydrogen) atoms. The first-order chi connectivity index (χ1) is 8.50. The van der Waals surface area contributed by atoms with E-state index in [2.05, 4.69) is 10.1 Å². The number of esters is 1. The smallest absolute Gasteiger partial charge is 0.337 e. The molecule has 0 amide bonds. The van der Waals surface area contributed by atoms with Crippen LogP contribution in [0.3, 0.4) is 0 Å². The number of carbonyl (C=O) groups is 1. The summed E-state index contributed by atoms with van der Waals surface area (Å²) in [4.78, 5) is 11.2. The van der Waals surface area contributed by atoms with Crippen LogP contribution in [0.1, 0.15) is 10.4 Å². The van der Waals surface area contributed by atoms with Crippen molar-refractivity contribution in [2.75, 3.05) is 18.2 Å². The lowest BCUT2D eigenvalue weighted by Crippen LogP contribution is -2.20. The van der Waals surface area contributed by atoms with Gasteiger partial charge in [0.25, 0.3) is 0 Å². The average Bonchev–Trinajstić information content (AvgIpc) is 2.68. The van der Waals surface area contributed by atoms with Gasteiger partial charge in [-0.2, -0.15) is 0 Å². The van der Waals surface area contributed by atoms with Gasteiger partial charge in [-0.15, -0.1) is 0 Å². The van der Waals surface area contributed by atoms with Crippen molar-refractivity contribution < 1.29 is 17.9 Å². The Bertz CT molecular complexity index is 575. The van der Waals surface area contributed by atoms with Gasteiger partial charge in [0.1, 0.15) is 0 Å². The molecule has 1 aliphatic rings. The van der Waals surface area contributed by atoms with Crippen LogP contribution >= 0.6 is 0 Å². The lowest BCUT2D eigenvalue weighted by Gasteiger charge is -2.11. The second-order valence-corrected chi connectivity index (χ2v) is 5.91. The molecule has 1 aromatic carbocycles. The largest absolute Gasteiger partial charge is 0.465 e. The first kappa shape index (κ1) is 12.6. The Balaban J connectivity index is 2.04. The van der Waals surface area contributed by atoms with Crippen LogP contribution in [-0.4, -0.2) is 33.3 Å². The van der Waals surface area contributed by atoms with Gasteiger partial charge in [0.2, 0.25) is 0 Å². The predicted octanol–water partition coefficient (Wildman–Crippen LogP) is 1.20. The van der Waals surface area contributed by atoms with Crippen molar-refractivity contribution in [3.8, 4) is 0 Å². The Labute approximate surface area is 105 Å². The molecular formula is C12H13NO4S. The van der Waals surface area contributed by atoms with Gasteiger partial charge in [0.05, 0.1) is 24.5 Å². The molecule has 1 unspecified atom stereocenters. The Morgan fingerprint density at radius 3 is 2.50 bits per heavy atom. The van der Waals surface area contributed by atoms with Gasteiger partial charge in [-0.1, -0.05) is 6.08 Å². The van der Waals surface area contributed by atoms with Crippen molar-refractivity contribution in [3.05, 3.63) is 41.3 Å². The average molecular weight is 267 g/mol. The van der Waals surface area contributed by atoms with Gasteiger partial charge in [-0.3, -0.25) is 0 Å². The molecule has 6 heteroatoms. The SMILES string of the molecule is COC(=O)c1ccc(NC2C=CS(=O)(=O)C2)cc1. The summed E-state index contributed by atoms with van der Waals surface area (Å²) in [6.07, 6.45) is 1.61. The topological polar surface area (TPSA) is 72.5 Å². The highest BCUT2D eigenvalue weighted by Crippen LogP contribution is 2.16. The molecule has 0 saturated heterocycles. The minimum absolute atomic E-state index is 0.0613. The highest BCUT2D eigenvalue weighted by molar-refractivity contribution is 7.94. The Morgan fingerprint density at radius 1 is 1.33 bits per heavy atom. The van der Waals surface area contributed by atoms with Gasteiger partial charge in [-0.05, 0) is 24.3 Å². The number of hydrogen-bond donors (Lipinski definition) is 1. The first-order valence-corrected chi connectivity index (χ1v) is 7.07.